The van der Waals surface area contributed by atoms with Crippen molar-refractivity contribution in [1.82, 2.24) is 5.32 Å². The van der Waals surface area contributed by atoms with Crippen LogP contribution in [0.5, 0.6) is 0 Å². The molecule has 0 fully saturated rings. The number of hydrogen-bond donors (Lipinski definition) is 1. The highest BCUT2D eigenvalue weighted by Crippen LogP contribution is 2.16. The zero-order valence-corrected chi connectivity index (χ0v) is 7.68. The van der Waals surface area contributed by atoms with E-state index in [1.54, 1.807) is 6.34 Å². The summed E-state index contributed by atoms with van der Waals surface area (Å²) in [5.74, 6) is 0. The van der Waals surface area contributed by atoms with Gasteiger partial charge in [0, 0.05) is 0 Å². The molecule has 1 N–H and O–H groups in total. The summed E-state index contributed by atoms with van der Waals surface area (Å²) < 4.78 is 0. The predicted octanol–water partition coefficient (Wildman–Crippen LogP) is 1.73. The van der Waals surface area contributed by atoms with Crippen molar-refractivity contribution in [2.45, 2.75) is 38.8 Å². The van der Waals surface area contributed by atoms with E-state index in [0.29, 0.717) is 0 Å². The van der Waals surface area contributed by atoms with Crippen LogP contribution in [0, 0.1) is 0 Å². The molecule has 0 spiro atoms. The van der Waals surface area contributed by atoms with E-state index in [1.807, 2.05) is 0 Å². The first-order chi connectivity index (χ1) is 4.91. The molecule has 0 radical (unpaired) electrons. The molecule has 1 heterocycles. The van der Waals surface area contributed by atoms with E-state index in [1.165, 1.54) is 0 Å². The number of aliphatic imine (C=N–C) groups is 1. The Kier molecular flexibility index (Phi) is 1.78. The second-order valence-corrected chi connectivity index (χ2v) is 4.11. The summed E-state index contributed by atoms with van der Waals surface area (Å²) in [7, 11) is 0. The molecule has 0 aromatic rings. The van der Waals surface area contributed by atoms with Gasteiger partial charge in [-0.1, -0.05) is 12.2 Å². The van der Waals surface area contributed by atoms with Crippen LogP contribution < -0.4 is 5.32 Å². The lowest BCUT2D eigenvalue weighted by molar-refractivity contribution is 0.585. The lowest BCUT2D eigenvalue weighted by Gasteiger charge is -2.18. The van der Waals surface area contributed by atoms with Crippen molar-refractivity contribution in [1.29, 1.82) is 0 Å². The van der Waals surface area contributed by atoms with Gasteiger partial charge < -0.3 is 5.32 Å². The lowest BCUT2D eigenvalue weighted by Crippen LogP contribution is -2.35. The van der Waals surface area contributed by atoms with Gasteiger partial charge in [0.25, 0.3) is 0 Å². The highest BCUT2D eigenvalue weighted by molar-refractivity contribution is 5.58. The first-order valence-electron chi connectivity index (χ1n) is 3.93. The highest BCUT2D eigenvalue weighted by Gasteiger charge is 2.18. The fourth-order valence-corrected chi connectivity index (χ4v) is 0.868. The molecule has 0 saturated carbocycles. The molecule has 0 aromatic carbocycles. The minimum absolute atomic E-state index is 0.0390. The van der Waals surface area contributed by atoms with Crippen LogP contribution in [-0.2, 0) is 0 Å². The van der Waals surface area contributed by atoms with Gasteiger partial charge in [0.15, 0.2) is 0 Å². The van der Waals surface area contributed by atoms with Crippen LogP contribution >= 0.6 is 0 Å². The SMILES string of the molecule is CC1(C)C=CC(C)(C)NC=N1. The van der Waals surface area contributed by atoms with Gasteiger partial charge in [-0.2, -0.15) is 0 Å². The number of hydrogen-bond acceptors (Lipinski definition) is 2. The molecule has 0 bridgehead atoms. The van der Waals surface area contributed by atoms with Gasteiger partial charge in [-0.3, -0.25) is 4.99 Å². The Hall–Kier alpha value is -0.790. The third-order valence-corrected chi connectivity index (χ3v) is 1.74. The number of rotatable bonds is 0. The zero-order chi connectivity index (χ0) is 8.54. The van der Waals surface area contributed by atoms with E-state index >= 15 is 0 Å². The largest absolute Gasteiger partial charge is 0.368 e. The Morgan fingerprint density at radius 2 is 1.73 bits per heavy atom. The Morgan fingerprint density at radius 3 is 2.36 bits per heavy atom. The molecular weight excluding hydrogens is 136 g/mol. The Balaban J connectivity index is 2.86. The Labute approximate surface area is 68.4 Å². The fourth-order valence-electron chi connectivity index (χ4n) is 0.868. The van der Waals surface area contributed by atoms with Crippen LogP contribution in [0.15, 0.2) is 17.1 Å². The zero-order valence-electron chi connectivity index (χ0n) is 7.68. The molecule has 11 heavy (non-hydrogen) atoms. The van der Waals surface area contributed by atoms with Crippen molar-refractivity contribution < 1.29 is 0 Å². The first-order valence-corrected chi connectivity index (χ1v) is 3.93. The van der Waals surface area contributed by atoms with Gasteiger partial charge >= 0.3 is 0 Å². The maximum absolute atomic E-state index is 4.33. The second-order valence-electron chi connectivity index (χ2n) is 4.11. The van der Waals surface area contributed by atoms with Gasteiger partial charge in [-0.25, -0.2) is 0 Å². The molecule has 0 saturated heterocycles. The number of nitrogens with one attached hydrogen (secondary N) is 1. The van der Waals surface area contributed by atoms with Crippen LogP contribution in [0.3, 0.4) is 0 Å². The Morgan fingerprint density at radius 1 is 1.09 bits per heavy atom. The van der Waals surface area contributed by atoms with Crippen molar-refractivity contribution in [3.63, 3.8) is 0 Å². The summed E-state index contributed by atoms with van der Waals surface area (Å²) in [6.07, 6.45) is 6.07. The summed E-state index contributed by atoms with van der Waals surface area (Å²) in [4.78, 5) is 4.33. The van der Waals surface area contributed by atoms with Crippen LogP contribution in [0.1, 0.15) is 27.7 Å². The minimum atomic E-state index is -0.0548. The third kappa shape index (κ3) is 2.37. The van der Waals surface area contributed by atoms with Gasteiger partial charge in [0.2, 0.25) is 0 Å². The molecule has 0 aliphatic carbocycles. The minimum Gasteiger partial charge on any atom is -0.368 e. The second kappa shape index (κ2) is 2.36. The average Bonchev–Trinajstić information content (AvgIpc) is 1.92. The van der Waals surface area contributed by atoms with E-state index in [-0.39, 0.29) is 11.1 Å². The molecule has 62 valence electrons. The first kappa shape index (κ1) is 8.31. The molecule has 0 atom stereocenters. The molecule has 2 heteroatoms. The van der Waals surface area contributed by atoms with E-state index in [2.05, 4.69) is 50.2 Å². The van der Waals surface area contributed by atoms with Crippen molar-refractivity contribution >= 4 is 6.34 Å². The standard InChI is InChI=1S/C9H16N2/c1-8(2)5-6-9(3,4)11-7-10-8/h5-7H,1-4H3,(H,10,11). The number of nitrogens with zero attached hydrogens (tertiary/aromatic N) is 1. The summed E-state index contributed by atoms with van der Waals surface area (Å²) in [6.45, 7) is 8.42. The van der Waals surface area contributed by atoms with E-state index in [0.717, 1.165) is 0 Å². The molecule has 0 amide bonds. The van der Waals surface area contributed by atoms with Crippen LogP contribution in [0.25, 0.3) is 0 Å². The van der Waals surface area contributed by atoms with Gasteiger partial charge in [-0.15, -0.1) is 0 Å². The molecular formula is C9H16N2. The molecule has 1 aliphatic rings. The molecule has 1 rings (SSSR count). The predicted molar refractivity (Wildman–Crippen MR) is 48.9 cm³/mol. The van der Waals surface area contributed by atoms with Crippen molar-refractivity contribution in [2.75, 3.05) is 0 Å². The van der Waals surface area contributed by atoms with Crippen LogP contribution in [-0.4, -0.2) is 17.4 Å². The van der Waals surface area contributed by atoms with Gasteiger partial charge in [0.05, 0.1) is 17.4 Å². The van der Waals surface area contributed by atoms with Crippen molar-refractivity contribution in [3.05, 3.63) is 12.2 Å². The van der Waals surface area contributed by atoms with Crippen molar-refractivity contribution in [3.8, 4) is 0 Å². The maximum atomic E-state index is 4.33. The quantitative estimate of drug-likeness (QED) is 0.525. The maximum Gasteiger partial charge on any atom is 0.0841 e. The molecule has 0 aromatic heterocycles. The van der Waals surface area contributed by atoms with Crippen molar-refractivity contribution in [2.24, 2.45) is 4.99 Å². The van der Waals surface area contributed by atoms with E-state index < -0.39 is 0 Å². The van der Waals surface area contributed by atoms with Gasteiger partial charge in [-0.05, 0) is 27.7 Å². The Bertz CT molecular complexity index is 200. The average molecular weight is 152 g/mol. The smallest absolute Gasteiger partial charge is 0.0841 e. The summed E-state index contributed by atoms with van der Waals surface area (Å²) >= 11 is 0. The highest BCUT2D eigenvalue weighted by atomic mass is 15.0. The topological polar surface area (TPSA) is 24.4 Å². The monoisotopic (exact) mass is 152 g/mol. The third-order valence-electron chi connectivity index (χ3n) is 1.74. The van der Waals surface area contributed by atoms with Crippen LogP contribution in [0.4, 0.5) is 0 Å². The van der Waals surface area contributed by atoms with E-state index in [9.17, 15) is 0 Å². The van der Waals surface area contributed by atoms with Gasteiger partial charge in [0.1, 0.15) is 0 Å². The van der Waals surface area contributed by atoms with Crippen LogP contribution in [0.2, 0.25) is 0 Å². The molecule has 0 unspecified atom stereocenters. The fraction of sp³-hybridized carbons (Fsp3) is 0.667. The summed E-state index contributed by atoms with van der Waals surface area (Å²) in [5, 5.41) is 3.20. The summed E-state index contributed by atoms with van der Waals surface area (Å²) in [6, 6.07) is 0. The molecule has 2 nitrogen and oxygen atoms in total. The lowest BCUT2D eigenvalue weighted by atomic mass is 10.0. The normalized spacial score (nSPS) is 25.8. The molecule has 1 aliphatic heterocycles. The van der Waals surface area contributed by atoms with E-state index in [4.69, 9.17) is 0 Å². The summed E-state index contributed by atoms with van der Waals surface area (Å²) in [5.41, 5.74) is -0.0158.